The molecular weight excluding hydrogens is 240 g/mol. The average Bonchev–Trinajstić information content (AvgIpc) is 2.37. The van der Waals surface area contributed by atoms with E-state index < -0.39 is 0 Å². The topological polar surface area (TPSA) is 50.4 Å². The van der Waals surface area contributed by atoms with Gasteiger partial charge in [0.15, 0.2) is 0 Å². The van der Waals surface area contributed by atoms with Gasteiger partial charge in [0, 0.05) is 18.8 Å². The first-order valence-electron chi connectivity index (χ1n) is 6.68. The van der Waals surface area contributed by atoms with Gasteiger partial charge in [0.2, 0.25) is 5.91 Å². The van der Waals surface area contributed by atoms with E-state index in [4.69, 9.17) is 4.74 Å². The van der Waals surface area contributed by atoms with Crippen molar-refractivity contribution in [3.8, 4) is 0 Å². The Morgan fingerprint density at radius 1 is 1.32 bits per heavy atom. The molecule has 106 valence electrons. The molecule has 0 saturated heterocycles. The summed E-state index contributed by atoms with van der Waals surface area (Å²) in [5, 5.41) is 6.06. The quantitative estimate of drug-likeness (QED) is 0.795. The summed E-state index contributed by atoms with van der Waals surface area (Å²) in [7, 11) is 0. The molecule has 1 aromatic carbocycles. The molecule has 1 unspecified atom stereocenters. The van der Waals surface area contributed by atoms with Crippen LogP contribution in [0.5, 0.6) is 0 Å². The molecule has 0 aliphatic heterocycles. The van der Waals surface area contributed by atoms with Crippen LogP contribution in [-0.2, 0) is 9.53 Å². The number of benzene rings is 1. The van der Waals surface area contributed by atoms with Crippen LogP contribution in [0.1, 0.15) is 27.7 Å². The first kappa shape index (κ1) is 15.7. The van der Waals surface area contributed by atoms with Crippen LogP contribution in [0.2, 0.25) is 0 Å². The molecule has 2 N–H and O–H groups in total. The maximum Gasteiger partial charge on any atom is 0.241 e. The summed E-state index contributed by atoms with van der Waals surface area (Å²) in [6.45, 7) is 9.12. The third kappa shape index (κ3) is 5.85. The number of carbonyl (C=O) groups excluding carboxylic acids is 1. The lowest BCUT2D eigenvalue weighted by Crippen LogP contribution is -2.46. The Morgan fingerprint density at radius 2 is 1.95 bits per heavy atom. The molecule has 1 atom stereocenters. The monoisotopic (exact) mass is 264 g/mol. The standard InChI is InChI=1S/C15H24N2O2/c1-5-19-15(3,4)11-16-12(2)14(18)17-13-9-7-6-8-10-13/h6-10,12,16H,5,11H2,1-4H3,(H,17,18). The molecule has 0 heterocycles. The van der Waals surface area contributed by atoms with Gasteiger partial charge in [0.1, 0.15) is 0 Å². The molecule has 4 nitrogen and oxygen atoms in total. The van der Waals surface area contributed by atoms with Gasteiger partial charge < -0.3 is 15.4 Å². The molecule has 1 aromatic rings. The van der Waals surface area contributed by atoms with Crippen molar-refractivity contribution in [1.29, 1.82) is 0 Å². The Labute approximate surface area is 115 Å². The number of anilines is 1. The predicted octanol–water partition coefficient (Wildman–Crippen LogP) is 2.42. The van der Waals surface area contributed by atoms with Crippen LogP contribution in [0.4, 0.5) is 5.69 Å². The Bertz CT molecular complexity index is 390. The largest absolute Gasteiger partial charge is 0.375 e. The summed E-state index contributed by atoms with van der Waals surface area (Å²) >= 11 is 0. The molecular formula is C15H24N2O2. The summed E-state index contributed by atoms with van der Waals surface area (Å²) in [6, 6.07) is 9.18. The molecule has 0 aliphatic carbocycles. The van der Waals surface area contributed by atoms with Gasteiger partial charge >= 0.3 is 0 Å². The molecule has 19 heavy (non-hydrogen) atoms. The first-order chi connectivity index (χ1) is 8.94. The van der Waals surface area contributed by atoms with Crippen molar-refractivity contribution in [3.63, 3.8) is 0 Å². The molecule has 0 fully saturated rings. The van der Waals surface area contributed by atoms with Crippen LogP contribution in [0.25, 0.3) is 0 Å². The summed E-state index contributed by atoms with van der Waals surface area (Å²) in [5.41, 5.74) is 0.543. The van der Waals surface area contributed by atoms with Crippen LogP contribution in [0, 0.1) is 0 Å². The molecule has 1 amide bonds. The zero-order valence-electron chi connectivity index (χ0n) is 12.2. The lowest BCUT2D eigenvalue weighted by atomic mass is 10.1. The van der Waals surface area contributed by atoms with E-state index in [1.807, 2.05) is 58.0 Å². The molecule has 0 spiro atoms. The van der Waals surface area contributed by atoms with Crippen molar-refractivity contribution >= 4 is 11.6 Å². The Morgan fingerprint density at radius 3 is 2.53 bits per heavy atom. The molecule has 0 bridgehead atoms. The molecule has 1 rings (SSSR count). The van der Waals surface area contributed by atoms with Gasteiger partial charge in [-0.1, -0.05) is 18.2 Å². The van der Waals surface area contributed by atoms with Gasteiger partial charge in [0.25, 0.3) is 0 Å². The smallest absolute Gasteiger partial charge is 0.241 e. The van der Waals surface area contributed by atoms with Gasteiger partial charge in [0.05, 0.1) is 11.6 Å². The van der Waals surface area contributed by atoms with Gasteiger partial charge in [-0.25, -0.2) is 0 Å². The maximum absolute atomic E-state index is 12.0. The van der Waals surface area contributed by atoms with E-state index in [9.17, 15) is 4.79 Å². The van der Waals surface area contributed by atoms with Crippen molar-refractivity contribution in [2.45, 2.75) is 39.3 Å². The average molecular weight is 264 g/mol. The van der Waals surface area contributed by atoms with Gasteiger partial charge in [-0.15, -0.1) is 0 Å². The number of hydrogen-bond donors (Lipinski definition) is 2. The predicted molar refractivity (Wildman–Crippen MR) is 78.2 cm³/mol. The number of rotatable bonds is 7. The van der Waals surface area contributed by atoms with Crippen LogP contribution in [0.15, 0.2) is 30.3 Å². The maximum atomic E-state index is 12.0. The molecule has 0 aromatic heterocycles. The molecule has 4 heteroatoms. The lowest BCUT2D eigenvalue weighted by Gasteiger charge is -2.26. The molecule has 0 radical (unpaired) electrons. The number of nitrogens with one attached hydrogen (secondary N) is 2. The zero-order valence-corrected chi connectivity index (χ0v) is 12.2. The number of ether oxygens (including phenoxy) is 1. The Hall–Kier alpha value is -1.39. The van der Waals surface area contributed by atoms with Gasteiger partial charge in [-0.05, 0) is 39.8 Å². The van der Waals surface area contributed by atoms with Crippen molar-refractivity contribution in [3.05, 3.63) is 30.3 Å². The van der Waals surface area contributed by atoms with E-state index in [-0.39, 0.29) is 17.6 Å². The second-order valence-electron chi connectivity index (χ2n) is 5.15. The van der Waals surface area contributed by atoms with Crippen LogP contribution in [0.3, 0.4) is 0 Å². The number of amides is 1. The van der Waals surface area contributed by atoms with E-state index in [2.05, 4.69) is 10.6 Å². The highest BCUT2D eigenvalue weighted by Crippen LogP contribution is 2.08. The van der Waals surface area contributed by atoms with Crippen molar-refractivity contribution in [2.75, 3.05) is 18.5 Å². The lowest BCUT2D eigenvalue weighted by molar-refractivity contribution is -0.118. The zero-order chi connectivity index (χ0) is 14.3. The van der Waals surface area contributed by atoms with E-state index in [1.54, 1.807) is 0 Å². The summed E-state index contributed by atoms with van der Waals surface area (Å²) in [6.07, 6.45) is 0. The fraction of sp³-hybridized carbons (Fsp3) is 0.533. The molecule has 0 aliphatic rings. The summed E-state index contributed by atoms with van der Waals surface area (Å²) in [4.78, 5) is 12.0. The molecule has 0 saturated carbocycles. The minimum Gasteiger partial charge on any atom is -0.375 e. The SMILES string of the molecule is CCOC(C)(C)CNC(C)C(=O)Nc1ccccc1. The van der Waals surface area contributed by atoms with Crippen LogP contribution in [-0.4, -0.2) is 30.7 Å². The van der Waals surface area contributed by atoms with Crippen molar-refractivity contribution in [1.82, 2.24) is 5.32 Å². The second-order valence-corrected chi connectivity index (χ2v) is 5.15. The van der Waals surface area contributed by atoms with E-state index in [0.29, 0.717) is 13.2 Å². The van der Waals surface area contributed by atoms with Crippen LogP contribution < -0.4 is 10.6 Å². The highest BCUT2D eigenvalue weighted by molar-refractivity contribution is 5.94. The summed E-state index contributed by atoms with van der Waals surface area (Å²) < 4.78 is 5.58. The highest BCUT2D eigenvalue weighted by Gasteiger charge is 2.20. The van der Waals surface area contributed by atoms with Crippen molar-refractivity contribution in [2.24, 2.45) is 0 Å². The minimum atomic E-state index is -0.268. The third-order valence-corrected chi connectivity index (χ3v) is 2.80. The first-order valence-corrected chi connectivity index (χ1v) is 6.68. The van der Waals surface area contributed by atoms with Crippen LogP contribution >= 0.6 is 0 Å². The number of hydrogen-bond acceptors (Lipinski definition) is 3. The van der Waals surface area contributed by atoms with E-state index in [0.717, 1.165) is 5.69 Å². The second kappa shape index (κ2) is 7.26. The fourth-order valence-electron chi connectivity index (χ4n) is 1.71. The van der Waals surface area contributed by atoms with E-state index >= 15 is 0 Å². The summed E-state index contributed by atoms with van der Waals surface area (Å²) in [5.74, 6) is -0.0431. The highest BCUT2D eigenvalue weighted by atomic mass is 16.5. The van der Waals surface area contributed by atoms with Crippen molar-refractivity contribution < 1.29 is 9.53 Å². The van der Waals surface area contributed by atoms with E-state index in [1.165, 1.54) is 0 Å². The number of carbonyl (C=O) groups is 1. The minimum absolute atomic E-state index is 0.0431. The Kier molecular flexibility index (Phi) is 5.99. The Balaban J connectivity index is 2.41. The fourth-order valence-corrected chi connectivity index (χ4v) is 1.71. The normalized spacial score (nSPS) is 13.1. The number of para-hydroxylation sites is 1. The van der Waals surface area contributed by atoms with Gasteiger partial charge in [-0.2, -0.15) is 0 Å². The third-order valence-electron chi connectivity index (χ3n) is 2.80. The van der Waals surface area contributed by atoms with Gasteiger partial charge in [-0.3, -0.25) is 4.79 Å².